The third kappa shape index (κ3) is 4.21. The standard InChI is InChI=1S/C17H25N3O/c1-14-12-19(2)9-10-20(14)13-16-11-15(5-4-8-18)6-7-17(16)21-3/h6-7,11,14H,8-10,12-13,18H2,1-3H3. The number of ether oxygens (including phenoxy) is 1. The highest BCUT2D eigenvalue weighted by atomic mass is 16.5. The van der Waals surface area contributed by atoms with Crippen molar-refractivity contribution in [1.29, 1.82) is 0 Å². The molecule has 1 unspecified atom stereocenters. The molecule has 1 aromatic rings. The molecule has 1 fully saturated rings. The minimum Gasteiger partial charge on any atom is -0.496 e. The van der Waals surface area contributed by atoms with Crippen LogP contribution in [0.25, 0.3) is 0 Å². The Balaban J connectivity index is 2.17. The lowest BCUT2D eigenvalue weighted by Gasteiger charge is -2.38. The highest BCUT2D eigenvalue weighted by Crippen LogP contribution is 2.23. The number of nitrogens with two attached hydrogens (primary N) is 1. The SMILES string of the molecule is COc1ccc(C#CCN)cc1CN1CCN(C)CC1C. The number of benzene rings is 1. The molecular formula is C17H25N3O. The molecule has 1 aromatic carbocycles. The summed E-state index contributed by atoms with van der Waals surface area (Å²) in [5.41, 5.74) is 7.63. The Kier molecular flexibility index (Phi) is 5.63. The molecular weight excluding hydrogens is 262 g/mol. The zero-order valence-electron chi connectivity index (χ0n) is 13.2. The van der Waals surface area contributed by atoms with Crippen LogP contribution in [0.4, 0.5) is 0 Å². The predicted molar refractivity (Wildman–Crippen MR) is 86.3 cm³/mol. The summed E-state index contributed by atoms with van der Waals surface area (Å²) >= 11 is 0. The highest BCUT2D eigenvalue weighted by molar-refractivity contribution is 5.44. The molecule has 21 heavy (non-hydrogen) atoms. The number of likely N-dealkylation sites (N-methyl/N-ethyl adjacent to an activating group) is 1. The monoisotopic (exact) mass is 287 g/mol. The number of methoxy groups -OCH3 is 1. The van der Waals surface area contributed by atoms with E-state index in [1.54, 1.807) is 7.11 Å². The molecule has 0 spiro atoms. The van der Waals surface area contributed by atoms with Gasteiger partial charge in [0.05, 0.1) is 13.7 Å². The lowest BCUT2D eigenvalue weighted by atomic mass is 10.1. The quantitative estimate of drug-likeness (QED) is 0.847. The fourth-order valence-corrected chi connectivity index (χ4v) is 2.76. The van der Waals surface area contributed by atoms with Crippen molar-refractivity contribution in [2.24, 2.45) is 5.73 Å². The molecule has 0 amide bonds. The van der Waals surface area contributed by atoms with E-state index in [1.807, 2.05) is 12.1 Å². The van der Waals surface area contributed by atoms with Crippen LogP contribution in [0, 0.1) is 11.8 Å². The van der Waals surface area contributed by atoms with Crippen LogP contribution in [0.1, 0.15) is 18.1 Å². The van der Waals surface area contributed by atoms with Crippen molar-refractivity contribution < 1.29 is 4.74 Å². The fraction of sp³-hybridized carbons (Fsp3) is 0.529. The summed E-state index contributed by atoms with van der Waals surface area (Å²) in [7, 11) is 3.90. The van der Waals surface area contributed by atoms with Crippen LogP contribution in [-0.2, 0) is 6.54 Å². The molecule has 1 aliphatic heterocycles. The maximum Gasteiger partial charge on any atom is 0.123 e. The largest absolute Gasteiger partial charge is 0.496 e. The first-order valence-corrected chi connectivity index (χ1v) is 7.42. The van der Waals surface area contributed by atoms with Gasteiger partial charge in [-0.3, -0.25) is 4.90 Å². The molecule has 4 heteroatoms. The van der Waals surface area contributed by atoms with Gasteiger partial charge in [0.1, 0.15) is 5.75 Å². The van der Waals surface area contributed by atoms with E-state index in [2.05, 4.69) is 41.7 Å². The number of hydrogen-bond acceptors (Lipinski definition) is 4. The van der Waals surface area contributed by atoms with E-state index in [4.69, 9.17) is 10.5 Å². The molecule has 1 aliphatic rings. The highest BCUT2D eigenvalue weighted by Gasteiger charge is 2.22. The summed E-state index contributed by atoms with van der Waals surface area (Å²) in [6.45, 7) is 6.86. The maximum absolute atomic E-state index is 5.49. The van der Waals surface area contributed by atoms with Crippen molar-refractivity contribution in [1.82, 2.24) is 9.80 Å². The van der Waals surface area contributed by atoms with Crippen LogP contribution in [0.5, 0.6) is 5.75 Å². The first-order valence-electron chi connectivity index (χ1n) is 7.42. The third-order valence-electron chi connectivity index (χ3n) is 3.96. The molecule has 4 nitrogen and oxygen atoms in total. The summed E-state index contributed by atoms with van der Waals surface area (Å²) in [4.78, 5) is 4.87. The van der Waals surface area contributed by atoms with Crippen molar-refractivity contribution in [2.45, 2.75) is 19.5 Å². The van der Waals surface area contributed by atoms with Gasteiger partial charge in [0.25, 0.3) is 0 Å². The minimum absolute atomic E-state index is 0.386. The normalized spacial score (nSPS) is 19.9. The van der Waals surface area contributed by atoms with Crippen LogP contribution in [0.3, 0.4) is 0 Å². The van der Waals surface area contributed by atoms with Crippen molar-refractivity contribution in [3.8, 4) is 17.6 Å². The van der Waals surface area contributed by atoms with E-state index in [-0.39, 0.29) is 0 Å². The van der Waals surface area contributed by atoms with Gasteiger partial charge in [-0.05, 0) is 32.2 Å². The van der Waals surface area contributed by atoms with Gasteiger partial charge in [-0.1, -0.05) is 11.8 Å². The summed E-state index contributed by atoms with van der Waals surface area (Å²) in [5, 5.41) is 0. The van der Waals surface area contributed by atoms with Crippen molar-refractivity contribution >= 4 is 0 Å². The summed E-state index contributed by atoms with van der Waals surface area (Å²) in [6.07, 6.45) is 0. The summed E-state index contributed by atoms with van der Waals surface area (Å²) < 4.78 is 5.49. The van der Waals surface area contributed by atoms with Gasteiger partial charge in [-0.15, -0.1) is 0 Å². The van der Waals surface area contributed by atoms with Crippen LogP contribution in [0.15, 0.2) is 18.2 Å². The van der Waals surface area contributed by atoms with Crippen LogP contribution in [0.2, 0.25) is 0 Å². The second-order valence-corrected chi connectivity index (χ2v) is 5.61. The van der Waals surface area contributed by atoms with E-state index in [0.29, 0.717) is 12.6 Å². The Bertz CT molecular complexity index is 533. The second kappa shape index (κ2) is 7.46. The Labute approximate surface area is 127 Å². The lowest BCUT2D eigenvalue weighted by molar-refractivity contribution is 0.0931. The van der Waals surface area contributed by atoms with Crippen molar-refractivity contribution in [3.63, 3.8) is 0 Å². The molecule has 0 bridgehead atoms. The van der Waals surface area contributed by atoms with Crippen molar-refractivity contribution in [3.05, 3.63) is 29.3 Å². The second-order valence-electron chi connectivity index (χ2n) is 5.61. The zero-order valence-corrected chi connectivity index (χ0v) is 13.2. The Morgan fingerprint density at radius 1 is 1.38 bits per heavy atom. The van der Waals surface area contributed by atoms with E-state index >= 15 is 0 Å². The summed E-state index contributed by atoms with van der Waals surface area (Å²) in [6, 6.07) is 6.65. The van der Waals surface area contributed by atoms with E-state index < -0.39 is 0 Å². The predicted octanol–water partition coefficient (Wildman–Crippen LogP) is 1.14. The fourth-order valence-electron chi connectivity index (χ4n) is 2.76. The van der Waals surface area contributed by atoms with Crippen LogP contribution in [-0.4, -0.2) is 56.2 Å². The number of rotatable bonds is 3. The lowest BCUT2D eigenvalue weighted by Crippen LogP contribution is -2.49. The number of piperazine rings is 1. The number of hydrogen-bond donors (Lipinski definition) is 1. The molecule has 2 rings (SSSR count). The topological polar surface area (TPSA) is 41.7 Å². The minimum atomic E-state index is 0.386. The van der Waals surface area contributed by atoms with Crippen molar-refractivity contribution in [2.75, 3.05) is 40.3 Å². The van der Waals surface area contributed by atoms with E-state index in [0.717, 1.165) is 37.5 Å². The van der Waals surface area contributed by atoms with Crippen LogP contribution >= 0.6 is 0 Å². The molecule has 1 heterocycles. The van der Waals surface area contributed by atoms with E-state index in [1.165, 1.54) is 5.56 Å². The average Bonchev–Trinajstić information content (AvgIpc) is 2.48. The molecule has 0 radical (unpaired) electrons. The van der Waals surface area contributed by atoms with E-state index in [9.17, 15) is 0 Å². The van der Waals surface area contributed by atoms with Gasteiger partial charge in [0.2, 0.25) is 0 Å². The molecule has 1 atom stereocenters. The van der Waals surface area contributed by atoms with Gasteiger partial charge in [-0.25, -0.2) is 0 Å². The van der Waals surface area contributed by atoms with Gasteiger partial charge >= 0.3 is 0 Å². The smallest absolute Gasteiger partial charge is 0.123 e. The molecule has 114 valence electrons. The molecule has 1 saturated heterocycles. The molecule has 0 aliphatic carbocycles. The van der Waals surface area contributed by atoms with Gasteiger partial charge in [0.15, 0.2) is 0 Å². The zero-order chi connectivity index (χ0) is 15.2. The first-order chi connectivity index (χ1) is 10.1. The first kappa shape index (κ1) is 15.8. The Morgan fingerprint density at radius 2 is 2.19 bits per heavy atom. The third-order valence-corrected chi connectivity index (χ3v) is 3.96. The molecule has 0 saturated carbocycles. The summed E-state index contributed by atoms with van der Waals surface area (Å²) in [5.74, 6) is 6.93. The average molecular weight is 287 g/mol. The molecule has 0 aromatic heterocycles. The van der Waals surface area contributed by atoms with Gasteiger partial charge < -0.3 is 15.4 Å². The van der Waals surface area contributed by atoms with Crippen LogP contribution < -0.4 is 10.5 Å². The number of nitrogens with zero attached hydrogens (tertiary/aromatic N) is 2. The Hall–Kier alpha value is -1.54. The van der Waals surface area contributed by atoms with Gasteiger partial charge in [-0.2, -0.15) is 0 Å². The Morgan fingerprint density at radius 3 is 2.86 bits per heavy atom. The van der Waals surface area contributed by atoms with Gasteiger partial charge in [0, 0.05) is 43.3 Å². The maximum atomic E-state index is 5.49. The molecule has 2 N–H and O–H groups in total.